The number of carbonyl (C=O) groups is 2. The van der Waals surface area contributed by atoms with Crippen molar-refractivity contribution in [2.24, 2.45) is 0 Å². The van der Waals surface area contributed by atoms with E-state index in [1.165, 1.54) is 24.3 Å². The fraction of sp³-hybridized carbons (Fsp3) is 0.333. The van der Waals surface area contributed by atoms with Crippen molar-refractivity contribution in [1.82, 2.24) is 15.5 Å². The lowest BCUT2D eigenvalue weighted by atomic mass is 9.69. The fourth-order valence-electron chi connectivity index (χ4n) is 5.32. The second kappa shape index (κ2) is 11.7. The molecule has 3 aromatic carbocycles. The van der Waals surface area contributed by atoms with E-state index >= 15 is 0 Å². The molecular formula is C30H32F3N3O2. The molecule has 1 unspecified atom stereocenters. The largest absolute Gasteiger partial charge is 0.341 e. The molecule has 0 saturated carbocycles. The van der Waals surface area contributed by atoms with Crippen molar-refractivity contribution in [3.8, 4) is 11.1 Å². The standard InChI is InChI=1S/C30H32F3N3O2/c1-20(21-4-6-22(7-5-21)26-13-12-25(32)18-27(26)33)36-17-15-30(19-28(36)37,14-3-16-35-29(38)34-2)23-8-10-24(31)11-9-23/h4-13,18,20H,3,14-17,19H2,1-2H3,(H2,34,35,38)/t20-,30?/m0/s1. The van der Waals surface area contributed by atoms with Gasteiger partial charge in [0.1, 0.15) is 17.5 Å². The minimum absolute atomic E-state index is 0.000918. The summed E-state index contributed by atoms with van der Waals surface area (Å²) in [7, 11) is 1.56. The molecule has 2 N–H and O–H groups in total. The molecule has 38 heavy (non-hydrogen) atoms. The maximum absolute atomic E-state index is 14.2. The molecule has 3 amide bonds. The Balaban J connectivity index is 1.48. The van der Waals surface area contributed by atoms with Crippen LogP contribution in [0, 0.1) is 17.5 Å². The number of halogens is 3. The Hall–Kier alpha value is -3.81. The molecule has 0 radical (unpaired) electrons. The number of rotatable bonds is 8. The molecule has 4 rings (SSSR count). The van der Waals surface area contributed by atoms with Gasteiger partial charge in [-0.1, -0.05) is 36.4 Å². The maximum atomic E-state index is 14.2. The van der Waals surface area contributed by atoms with E-state index in [1.807, 2.05) is 24.0 Å². The number of urea groups is 1. The monoisotopic (exact) mass is 523 g/mol. The zero-order chi connectivity index (χ0) is 27.3. The molecule has 2 atom stereocenters. The molecule has 1 aliphatic rings. The number of nitrogens with zero attached hydrogens (tertiary/aromatic N) is 1. The minimum Gasteiger partial charge on any atom is -0.341 e. The van der Waals surface area contributed by atoms with Gasteiger partial charge in [-0.05, 0) is 67.1 Å². The average Bonchev–Trinajstić information content (AvgIpc) is 2.91. The number of benzene rings is 3. The molecule has 1 heterocycles. The Kier molecular flexibility index (Phi) is 8.39. The van der Waals surface area contributed by atoms with Gasteiger partial charge in [0.05, 0.1) is 6.04 Å². The van der Waals surface area contributed by atoms with Crippen LogP contribution in [0.2, 0.25) is 0 Å². The van der Waals surface area contributed by atoms with Crippen LogP contribution in [0.5, 0.6) is 0 Å². The molecule has 0 spiro atoms. The topological polar surface area (TPSA) is 61.4 Å². The maximum Gasteiger partial charge on any atom is 0.314 e. The van der Waals surface area contributed by atoms with Crippen molar-refractivity contribution in [1.29, 1.82) is 0 Å². The first-order chi connectivity index (χ1) is 18.2. The van der Waals surface area contributed by atoms with Crippen molar-refractivity contribution in [3.63, 3.8) is 0 Å². The normalized spacial score (nSPS) is 18.2. The zero-order valence-electron chi connectivity index (χ0n) is 21.6. The first kappa shape index (κ1) is 27.2. The van der Waals surface area contributed by atoms with E-state index in [2.05, 4.69) is 10.6 Å². The van der Waals surface area contributed by atoms with Crippen molar-refractivity contribution < 1.29 is 22.8 Å². The van der Waals surface area contributed by atoms with Crippen molar-refractivity contribution >= 4 is 11.9 Å². The third-order valence-electron chi connectivity index (χ3n) is 7.55. The number of hydrogen-bond donors (Lipinski definition) is 2. The first-order valence-electron chi connectivity index (χ1n) is 12.8. The first-order valence-corrected chi connectivity index (χ1v) is 12.8. The van der Waals surface area contributed by atoms with Gasteiger partial charge in [-0.15, -0.1) is 0 Å². The molecule has 0 aromatic heterocycles. The molecule has 5 nitrogen and oxygen atoms in total. The van der Waals surface area contributed by atoms with Gasteiger partial charge in [-0.25, -0.2) is 18.0 Å². The van der Waals surface area contributed by atoms with Gasteiger partial charge in [0.2, 0.25) is 5.91 Å². The summed E-state index contributed by atoms with van der Waals surface area (Å²) in [6.07, 6.45) is 2.33. The molecule has 1 aliphatic heterocycles. The highest BCUT2D eigenvalue weighted by atomic mass is 19.1. The van der Waals surface area contributed by atoms with Crippen LogP contribution in [-0.2, 0) is 10.2 Å². The van der Waals surface area contributed by atoms with Crippen LogP contribution >= 0.6 is 0 Å². The molecule has 0 aliphatic carbocycles. The minimum atomic E-state index is -0.625. The Morgan fingerprint density at radius 2 is 1.68 bits per heavy atom. The quantitative estimate of drug-likeness (QED) is 0.351. The number of carbonyl (C=O) groups excluding carboxylic acids is 2. The van der Waals surface area contributed by atoms with E-state index < -0.39 is 17.0 Å². The second-order valence-electron chi connectivity index (χ2n) is 9.83. The molecule has 3 aromatic rings. The summed E-state index contributed by atoms with van der Waals surface area (Å²) in [5, 5.41) is 5.31. The average molecular weight is 524 g/mol. The number of nitrogens with one attached hydrogen (secondary N) is 2. The lowest BCUT2D eigenvalue weighted by Gasteiger charge is -2.44. The van der Waals surface area contributed by atoms with Crippen LogP contribution < -0.4 is 10.6 Å². The zero-order valence-corrected chi connectivity index (χ0v) is 21.6. The van der Waals surface area contributed by atoms with Gasteiger partial charge in [-0.3, -0.25) is 4.79 Å². The SMILES string of the molecule is CNC(=O)NCCCC1(c2ccc(F)cc2)CCN([C@@H](C)c2ccc(-c3ccc(F)cc3F)cc2)C(=O)C1. The van der Waals surface area contributed by atoms with Crippen LogP contribution in [0.1, 0.15) is 49.8 Å². The van der Waals surface area contributed by atoms with Crippen LogP contribution in [0.3, 0.4) is 0 Å². The Bertz CT molecular complexity index is 1280. The van der Waals surface area contributed by atoms with Crippen LogP contribution in [0.15, 0.2) is 66.7 Å². The Morgan fingerprint density at radius 1 is 1.00 bits per heavy atom. The smallest absolute Gasteiger partial charge is 0.314 e. The molecular weight excluding hydrogens is 491 g/mol. The highest BCUT2D eigenvalue weighted by molar-refractivity contribution is 5.79. The highest BCUT2D eigenvalue weighted by Crippen LogP contribution is 2.42. The van der Waals surface area contributed by atoms with Crippen molar-refractivity contribution in [2.75, 3.05) is 20.1 Å². The lowest BCUT2D eigenvalue weighted by Crippen LogP contribution is -2.47. The van der Waals surface area contributed by atoms with Gasteiger partial charge in [0.25, 0.3) is 0 Å². The van der Waals surface area contributed by atoms with Crippen LogP contribution in [0.4, 0.5) is 18.0 Å². The van der Waals surface area contributed by atoms with Crippen molar-refractivity contribution in [2.45, 2.75) is 44.1 Å². The van der Waals surface area contributed by atoms with Gasteiger partial charge in [0.15, 0.2) is 0 Å². The molecule has 200 valence electrons. The summed E-state index contributed by atoms with van der Waals surface area (Å²) in [5.41, 5.74) is 2.33. The third kappa shape index (κ3) is 6.01. The predicted octanol–water partition coefficient (Wildman–Crippen LogP) is 6.10. The summed E-state index contributed by atoms with van der Waals surface area (Å²) in [6.45, 7) is 2.95. The second-order valence-corrected chi connectivity index (χ2v) is 9.83. The van der Waals surface area contributed by atoms with E-state index in [1.54, 1.807) is 31.3 Å². The van der Waals surface area contributed by atoms with E-state index in [0.717, 1.165) is 17.2 Å². The summed E-state index contributed by atoms with van der Waals surface area (Å²) < 4.78 is 41.1. The number of hydrogen-bond acceptors (Lipinski definition) is 2. The van der Waals surface area contributed by atoms with Crippen molar-refractivity contribution in [3.05, 3.63) is 95.3 Å². The molecule has 8 heteroatoms. The lowest BCUT2D eigenvalue weighted by molar-refractivity contribution is -0.138. The number of piperidine rings is 1. The van der Waals surface area contributed by atoms with Gasteiger partial charge in [-0.2, -0.15) is 0 Å². The fourth-order valence-corrected chi connectivity index (χ4v) is 5.32. The predicted molar refractivity (Wildman–Crippen MR) is 141 cm³/mol. The van der Waals surface area contributed by atoms with Gasteiger partial charge >= 0.3 is 6.03 Å². The third-order valence-corrected chi connectivity index (χ3v) is 7.55. The number of likely N-dealkylation sites (tertiary alicyclic amines) is 1. The summed E-state index contributed by atoms with van der Waals surface area (Å²) >= 11 is 0. The van der Waals surface area contributed by atoms with E-state index in [-0.39, 0.29) is 30.2 Å². The van der Waals surface area contributed by atoms with E-state index in [0.29, 0.717) is 43.5 Å². The van der Waals surface area contributed by atoms with Crippen LogP contribution in [-0.4, -0.2) is 37.0 Å². The highest BCUT2D eigenvalue weighted by Gasteiger charge is 2.41. The molecule has 1 saturated heterocycles. The summed E-state index contributed by atoms with van der Waals surface area (Å²) in [6, 6.07) is 16.7. The molecule has 1 fully saturated rings. The Morgan fingerprint density at radius 3 is 2.32 bits per heavy atom. The molecule has 0 bridgehead atoms. The summed E-state index contributed by atoms with van der Waals surface area (Å²) in [5.74, 6) is -1.58. The summed E-state index contributed by atoms with van der Waals surface area (Å²) in [4.78, 5) is 26.9. The Labute approximate surface area is 221 Å². The van der Waals surface area contributed by atoms with Gasteiger partial charge < -0.3 is 15.5 Å². The van der Waals surface area contributed by atoms with E-state index in [9.17, 15) is 22.8 Å². The van der Waals surface area contributed by atoms with Crippen LogP contribution in [0.25, 0.3) is 11.1 Å². The number of amides is 3. The van der Waals surface area contributed by atoms with Gasteiger partial charge in [0, 0.05) is 43.6 Å². The van der Waals surface area contributed by atoms with E-state index in [4.69, 9.17) is 0 Å².